The first kappa shape index (κ1) is 15.3. The summed E-state index contributed by atoms with van der Waals surface area (Å²) < 4.78 is 0. The molecule has 0 radical (unpaired) electrons. The van der Waals surface area contributed by atoms with Gasteiger partial charge in [0.05, 0.1) is 17.3 Å². The van der Waals surface area contributed by atoms with E-state index >= 15 is 0 Å². The van der Waals surface area contributed by atoms with Crippen molar-refractivity contribution < 1.29 is 4.79 Å². The molecular formula is C15H21N7O. The van der Waals surface area contributed by atoms with E-state index in [0.29, 0.717) is 18.1 Å². The van der Waals surface area contributed by atoms with E-state index < -0.39 is 0 Å². The molecule has 1 saturated carbocycles. The lowest BCUT2D eigenvalue weighted by Gasteiger charge is -2.26. The Balaban J connectivity index is 1.58. The van der Waals surface area contributed by atoms with E-state index in [2.05, 4.69) is 25.5 Å². The van der Waals surface area contributed by atoms with Gasteiger partial charge in [0, 0.05) is 18.7 Å². The number of anilines is 1. The number of aromatic amines is 1. The van der Waals surface area contributed by atoms with Gasteiger partial charge in [-0.1, -0.05) is 0 Å². The summed E-state index contributed by atoms with van der Waals surface area (Å²) in [6, 6.07) is 1.79. The third-order valence-corrected chi connectivity index (χ3v) is 4.36. The number of nitrogens with zero attached hydrogens (tertiary/aromatic N) is 3. The topological polar surface area (TPSA) is 135 Å². The van der Waals surface area contributed by atoms with E-state index in [0.717, 1.165) is 36.8 Å². The molecule has 8 heteroatoms. The van der Waals surface area contributed by atoms with Gasteiger partial charge < -0.3 is 16.8 Å². The first-order valence-electron chi connectivity index (χ1n) is 7.78. The van der Waals surface area contributed by atoms with Gasteiger partial charge in [0.2, 0.25) is 5.91 Å². The van der Waals surface area contributed by atoms with Gasteiger partial charge in [0.25, 0.3) is 0 Å². The summed E-state index contributed by atoms with van der Waals surface area (Å²) in [5.74, 6) is 0.675. The summed E-state index contributed by atoms with van der Waals surface area (Å²) in [7, 11) is 0. The van der Waals surface area contributed by atoms with E-state index in [1.807, 2.05) is 0 Å². The van der Waals surface area contributed by atoms with Crippen LogP contribution in [0, 0.1) is 11.8 Å². The molecule has 2 heterocycles. The number of aromatic nitrogens is 3. The third kappa shape index (κ3) is 3.58. The summed E-state index contributed by atoms with van der Waals surface area (Å²) in [6.07, 6.45) is 6.97. The van der Waals surface area contributed by atoms with Gasteiger partial charge in [-0.25, -0.2) is 4.98 Å². The Kier molecular flexibility index (Phi) is 4.40. The maximum Gasteiger partial charge on any atom is 0.227 e. The van der Waals surface area contributed by atoms with E-state index in [-0.39, 0.29) is 17.8 Å². The van der Waals surface area contributed by atoms with Crippen LogP contribution in [-0.4, -0.2) is 33.6 Å². The maximum absolute atomic E-state index is 12.5. The van der Waals surface area contributed by atoms with Gasteiger partial charge in [-0.15, -0.1) is 0 Å². The summed E-state index contributed by atoms with van der Waals surface area (Å²) in [6.45, 7) is 0.649. The molecule has 122 valence electrons. The van der Waals surface area contributed by atoms with Gasteiger partial charge in [0.15, 0.2) is 11.6 Å². The highest BCUT2D eigenvalue weighted by atomic mass is 16.1. The lowest BCUT2D eigenvalue weighted by molar-refractivity contribution is -0.121. The number of hydrogen-bond acceptors (Lipinski definition) is 4. The Hall–Kier alpha value is -2.64. The van der Waals surface area contributed by atoms with E-state index in [9.17, 15) is 4.79 Å². The van der Waals surface area contributed by atoms with Crippen molar-refractivity contribution in [3.63, 3.8) is 0 Å². The smallest absolute Gasteiger partial charge is 0.227 e. The van der Waals surface area contributed by atoms with Crippen molar-refractivity contribution in [2.45, 2.75) is 25.7 Å². The number of guanidine groups is 1. The zero-order chi connectivity index (χ0) is 16.2. The van der Waals surface area contributed by atoms with Crippen LogP contribution in [-0.2, 0) is 4.79 Å². The number of fused-ring (bicyclic) bond motifs is 1. The minimum atomic E-state index is 0.0283. The zero-order valence-electron chi connectivity index (χ0n) is 12.8. The van der Waals surface area contributed by atoms with Crippen molar-refractivity contribution >= 4 is 28.6 Å². The van der Waals surface area contributed by atoms with Crippen molar-refractivity contribution in [1.29, 1.82) is 0 Å². The quantitative estimate of drug-likeness (QED) is 0.492. The number of nitrogens with one attached hydrogen (secondary N) is 2. The number of pyridine rings is 1. The Morgan fingerprint density at radius 1 is 1.35 bits per heavy atom. The summed E-state index contributed by atoms with van der Waals surface area (Å²) in [4.78, 5) is 20.7. The molecule has 2 aromatic rings. The van der Waals surface area contributed by atoms with Crippen LogP contribution in [0.4, 0.5) is 5.69 Å². The number of carbonyl (C=O) groups excluding carboxylic acids is 1. The molecular weight excluding hydrogens is 294 g/mol. The van der Waals surface area contributed by atoms with Crippen LogP contribution in [0.5, 0.6) is 0 Å². The van der Waals surface area contributed by atoms with E-state index in [4.69, 9.17) is 11.5 Å². The normalized spacial score (nSPS) is 21.0. The van der Waals surface area contributed by atoms with Gasteiger partial charge in [0.1, 0.15) is 0 Å². The van der Waals surface area contributed by atoms with Gasteiger partial charge in [-0.05, 0) is 37.7 Å². The van der Waals surface area contributed by atoms with Crippen LogP contribution in [0.15, 0.2) is 23.5 Å². The van der Waals surface area contributed by atoms with Gasteiger partial charge >= 0.3 is 0 Å². The molecule has 0 spiro atoms. The van der Waals surface area contributed by atoms with Crippen LogP contribution < -0.4 is 16.8 Å². The number of amides is 1. The minimum Gasteiger partial charge on any atom is -0.370 e. The molecule has 23 heavy (non-hydrogen) atoms. The van der Waals surface area contributed by atoms with E-state index in [1.54, 1.807) is 18.5 Å². The molecule has 1 aliphatic carbocycles. The predicted octanol–water partition coefficient (Wildman–Crippen LogP) is 0.976. The first-order valence-corrected chi connectivity index (χ1v) is 7.78. The molecule has 0 bridgehead atoms. The fraction of sp³-hybridized carbons (Fsp3) is 0.467. The summed E-state index contributed by atoms with van der Waals surface area (Å²) in [5, 5.41) is 10.6. The highest BCUT2D eigenvalue weighted by Crippen LogP contribution is 2.30. The fourth-order valence-corrected chi connectivity index (χ4v) is 3.04. The fourth-order valence-electron chi connectivity index (χ4n) is 3.04. The number of rotatable bonds is 4. The third-order valence-electron chi connectivity index (χ3n) is 4.36. The molecule has 0 unspecified atom stereocenters. The highest BCUT2D eigenvalue weighted by molar-refractivity contribution is 6.00. The molecule has 1 aliphatic rings. The molecule has 1 amide bonds. The highest BCUT2D eigenvalue weighted by Gasteiger charge is 2.26. The molecule has 8 nitrogen and oxygen atoms in total. The second kappa shape index (κ2) is 6.64. The average molecular weight is 315 g/mol. The maximum atomic E-state index is 12.5. The summed E-state index contributed by atoms with van der Waals surface area (Å²) >= 11 is 0. The zero-order valence-corrected chi connectivity index (χ0v) is 12.8. The van der Waals surface area contributed by atoms with Crippen molar-refractivity contribution in [1.82, 2.24) is 15.2 Å². The lowest BCUT2D eigenvalue weighted by atomic mass is 9.81. The van der Waals surface area contributed by atoms with Crippen LogP contribution in [0.2, 0.25) is 0 Å². The van der Waals surface area contributed by atoms with Crippen molar-refractivity contribution in [2.75, 3.05) is 11.9 Å². The molecule has 6 N–H and O–H groups in total. The lowest BCUT2D eigenvalue weighted by Crippen LogP contribution is -2.29. The first-order chi connectivity index (χ1) is 11.1. The van der Waals surface area contributed by atoms with Gasteiger partial charge in [-0.2, -0.15) is 5.10 Å². The minimum absolute atomic E-state index is 0.0283. The van der Waals surface area contributed by atoms with Gasteiger partial charge in [-0.3, -0.25) is 14.9 Å². The largest absolute Gasteiger partial charge is 0.370 e. The van der Waals surface area contributed by atoms with Crippen molar-refractivity contribution in [3.05, 3.63) is 18.5 Å². The van der Waals surface area contributed by atoms with E-state index in [1.165, 1.54) is 0 Å². The molecule has 0 atom stereocenters. The van der Waals surface area contributed by atoms with Crippen molar-refractivity contribution in [3.8, 4) is 0 Å². The molecule has 1 fully saturated rings. The second-order valence-corrected chi connectivity index (χ2v) is 5.96. The SMILES string of the molecule is NC(N)=NCC1CCC(C(=O)Nc2ccnc3[nH]ncc23)CC1. The predicted molar refractivity (Wildman–Crippen MR) is 88.6 cm³/mol. The van der Waals surface area contributed by atoms with Crippen LogP contribution >= 0.6 is 0 Å². The Bertz CT molecular complexity index is 711. The Labute approximate surface area is 133 Å². The number of carbonyl (C=O) groups is 1. The Morgan fingerprint density at radius 3 is 2.87 bits per heavy atom. The number of aliphatic imine (C=N–C) groups is 1. The standard InChI is InChI=1S/C15H21N7O/c16-15(17)19-7-9-1-3-10(4-2-9)14(23)21-12-5-6-18-13-11(12)8-20-22-13/h5-6,8-10H,1-4,7H2,(H4,16,17,19)(H2,18,20,21,22,23). The molecule has 0 aliphatic heterocycles. The molecule has 2 aromatic heterocycles. The molecule has 0 aromatic carbocycles. The number of H-pyrrole nitrogens is 1. The Morgan fingerprint density at radius 2 is 2.13 bits per heavy atom. The summed E-state index contributed by atoms with van der Waals surface area (Å²) in [5.41, 5.74) is 12.1. The molecule has 3 rings (SSSR count). The number of hydrogen-bond donors (Lipinski definition) is 4. The number of nitrogens with two attached hydrogens (primary N) is 2. The van der Waals surface area contributed by atoms with Crippen LogP contribution in [0.3, 0.4) is 0 Å². The molecule has 0 saturated heterocycles. The van der Waals surface area contributed by atoms with Crippen LogP contribution in [0.1, 0.15) is 25.7 Å². The average Bonchev–Trinajstić information content (AvgIpc) is 3.03. The van der Waals surface area contributed by atoms with Crippen LogP contribution in [0.25, 0.3) is 11.0 Å². The van der Waals surface area contributed by atoms with Crippen molar-refractivity contribution in [2.24, 2.45) is 28.3 Å². The monoisotopic (exact) mass is 315 g/mol. The second-order valence-electron chi connectivity index (χ2n) is 5.96.